The summed E-state index contributed by atoms with van der Waals surface area (Å²) in [7, 11) is 0. The number of rotatable bonds is 13. The van der Waals surface area contributed by atoms with Crippen molar-refractivity contribution >= 4 is 0 Å². The van der Waals surface area contributed by atoms with Crippen LogP contribution in [0.25, 0.3) is 11.4 Å². The molecule has 1 aromatic heterocycles. The second-order valence-corrected chi connectivity index (χ2v) is 8.38. The van der Waals surface area contributed by atoms with Crippen LogP contribution in [0.4, 0.5) is 4.39 Å². The van der Waals surface area contributed by atoms with E-state index in [1.54, 1.807) is 12.1 Å². The van der Waals surface area contributed by atoms with E-state index >= 15 is 0 Å². The predicted molar refractivity (Wildman–Crippen MR) is 129 cm³/mol. The maximum atomic E-state index is 13.7. The van der Waals surface area contributed by atoms with E-state index in [9.17, 15) is 4.39 Å². The highest BCUT2D eigenvalue weighted by Crippen LogP contribution is 2.20. The Hall–Kier alpha value is -3.26. The zero-order chi connectivity index (χ0) is 23.3. The molecule has 33 heavy (non-hydrogen) atoms. The highest BCUT2D eigenvalue weighted by molar-refractivity contribution is 5.55. The number of nitriles is 1. The van der Waals surface area contributed by atoms with Crippen molar-refractivity contribution in [3.63, 3.8) is 0 Å². The third-order valence-electron chi connectivity index (χ3n) is 5.70. The van der Waals surface area contributed by atoms with Gasteiger partial charge in [-0.3, -0.25) is 0 Å². The van der Waals surface area contributed by atoms with Crippen molar-refractivity contribution in [2.75, 3.05) is 0 Å². The highest BCUT2D eigenvalue weighted by Gasteiger charge is 2.05. The summed E-state index contributed by atoms with van der Waals surface area (Å²) in [6, 6.07) is 13.9. The zero-order valence-electron chi connectivity index (χ0n) is 19.4. The molecule has 0 N–H and O–H groups in total. The number of unbranched alkanes of at least 4 members (excludes halogenated alkanes) is 7. The van der Waals surface area contributed by atoms with Crippen LogP contribution >= 0.6 is 0 Å². The van der Waals surface area contributed by atoms with Crippen LogP contribution in [0.2, 0.25) is 0 Å². The van der Waals surface area contributed by atoms with E-state index in [1.165, 1.54) is 69.1 Å². The number of benzene rings is 2. The molecule has 0 aliphatic rings. The van der Waals surface area contributed by atoms with Gasteiger partial charge in [0.05, 0.1) is 5.56 Å². The first kappa shape index (κ1) is 24.4. The number of hydrogen-bond donors (Lipinski definition) is 0. The molecule has 172 valence electrons. The van der Waals surface area contributed by atoms with E-state index < -0.39 is 5.82 Å². The standard InChI is InChI=1S/C28H32FN3O/c1-2-3-4-5-6-7-8-9-10-23-19-31-28(32-20-23)24-13-11-22(12-14-24)21-33-26-16-15-25(18-30)27(29)17-26/h11-17,19-20H,2-10,21H2,1H3. The molecule has 0 bridgehead atoms. The molecule has 0 aliphatic heterocycles. The Labute approximate surface area is 196 Å². The van der Waals surface area contributed by atoms with Crippen LogP contribution in [0, 0.1) is 17.1 Å². The van der Waals surface area contributed by atoms with Crippen molar-refractivity contribution in [1.82, 2.24) is 9.97 Å². The van der Waals surface area contributed by atoms with Gasteiger partial charge >= 0.3 is 0 Å². The van der Waals surface area contributed by atoms with E-state index in [-0.39, 0.29) is 5.56 Å². The zero-order valence-corrected chi connectivity index (χ0v) is 19.4. The second-order valence-electron chi connectivity index (χ2n) is 8.38. The first-order chi connectivity index (χ1) is 16.2. The molecule has 4 nitrogen and oxygen atoms in total. The van der Waals surface area contributed by atoms with Gasteiger partial charge in [-0.25, -0.2) is 14.4 Å². The SMILES string of the molecule is CCCCCCCCCCc1cnc(-c2ccc(COc3ccc(C#N)c(F)c3)cc2)nc1. The Morgan fingerprint density at radius 3 is 2.15 bits per heavy atom. The van der Waals surface area contributed by atoms with Crippen LogP contribution in [0.3, 0.4) is 0 Å². The molecular formula is C28H32FN3O. The van der Waals surface area contributed by atoms with Crippen LogP contribution in [-0.4, -0.2) is 9.97 Å². The summed E-state index contributed by atoms with van der Waals surface area (Å²) < 4.78 is 19.3. The van der Waals surface area contributed by atoms with E-state index in [4.69, 9.17) is 10.00 Å². The number of halogens is 1. The molecule has 0 unspecified atom stereocenters. The van der Waals surface area contributed by atoms with E-state index in [1.807, 2.05) is 36.7 Å². The Morgan fingerprint density at radius 2 is 1.52 bits per heavy atom. The summed E-state index contributed by atoms with van der Waals surface area (Å²) >= 11 is 0. The smallest absolute Gasteiger partial charge is 0.159 e. The molecule has 5 heteroatoms. The topological polar surface area (TPSA) is 58.8 Å². The van der Waals surface area contributed by atoms with E-state index in [2.05, 4.69) is 16.9 Å². The van der Waals surface area contributed by atoms with Crippen LogP contribution in [0.5, 0.6) is 5.75 Å². The van der Waals surface area contributed by atoms with Gasteiger partial charge in [0.1, 0.15) is 24.2 Å². The van der Waals surface area contributed by atoms with Crippen molar-refractivity contribution in [3.05, 3.63) is 77.4 Å². The Bertz CT molecular complexity index is 1030. The molecule has 0 saturated carbocycles. The van der Waals surface area contributed by atoms with Gasteiger partial charge in [-0.1, -0.05) is 76.1 Å². The quantitative estimate of drug-likeness (QED) is 0.257. The van der Waals surface area contributed by atoms with Gasteiger partial charge in [0.15, 0.2) is 5.82 Å². The first-order valence-corrected chi connectivity index (χ1v) is 11.9. The molecule has 2 aromatic carbocycles. The van der Waals surface area contributed by atoms with Crippen LogP contribution < -0.4 is 4.74 Å². The lowest BCUT2D eigenvalue weighted by molar-refractivity contribution is 0.304. The number of aromatic nitrogens is 2. The average Bonchev–Trinajstić information content (AvgIpc) is 2.85. The van der Waals surface area contributed by atoms with Crippen molar-refractivity contribution in [2.24, 2.45) is 0 Å². The monoisotopic (exact) mass is 445 g/mol. The van der Waals surface area contributed by atoms with Gasteiger partial charge in [0.2, 0.25) is 0 Å². The minimum absolute atomic E-state index is 0.00975. The molecule has 3 rings (SSSR count). The van der Waals surface area contributed by atoms with Crippen LogP contribution in [0.15, 0.2) is 54.9 Å². The summed E-state index contributed by atoms with van der Waals surface area (Å²) in [5.41, 5.74) is 3.09. The number of aryl methyl sites for hydroxylation is 1. The largest absolute Gasteiger partial charge is 0.489 e. The maximum absolute atomic E-state index is 13.7. The minimum atomic E-state index is -0.576. The van der Waals surface area contributed by atoms with Gasteiger partial charge < -0.3 is 4.74 Å². The Morgan fingerprint density at radius 1 is 0.848 bits per heavy atom. The third kappa shape index (κ3) is 7.98. The fourth-order valence-electron chi connectivity index (χ4n) is 3.69. The molecule has 0 aliphatic carbocycles. The van der Waals surface area contributed by atoms with Crippen molar-refractivity contribution in [3.8, 4) is 23.2 Å². The fraction of sp³-hybridized carbons (Fsp3) is 0.393. The van der Waals surface area contributed by atoms with Crippen LogP contribution in [0.1, 0.15) is 75.0 Å². The Kier molecular flexibility index (Phi) is 9.85. The lowest BCUT2D eigenvalue weighted by Crippen LogP contribution is -1.97. The van der Waals surface area contributed by atoms with Gasteiger partial charge in [-0.15, -0.1) is 0 Å². The molecule has 1 heterocycles. The molecule has 0 amide bonds. The normalized spacial score (nSPS) is 10.7. The van der Waals surface area contributed by atoms with Crippen LogP contribution in [-0.2, 0) is 13.0 Å². The predicted octanol–water partition coefficient (Wildman–Crippen LogP) is 7.42. The number of hydrogen-bond acceptors (Lipinski definition) is 4. The lowest BCUT2D eigenvalue weighted by Gasteiger charge is -2.08. The van der Waals surface area contributed by atoms with Gasteiger partial charge in [-0.05, 0) is 36.1 Å². The van der Waals surface area contributed by atoms with Crippen molar-refractivity contribution in [1.29, 1.82) is 5.26 Å². The van der Waals surface area contributed by atoms with E-state index in [0.717, 1.165) is 17.5 Å². The highest BCUT2D eigenvalue weighted by atomic mass is 19.1. The third-order valence-corrected chi connectivity index (χ3v) is 5.70. The minimum Gasteiger partial charge on any atom is -0.489 e. The number of nitrogens with zero attached hydrogens (tertiary/aromatic N) is 3. The Balaban J connectivity index is 1.43. The van der Waals surface area contributed by atoms with Gasteiger partial charge in [0, 0.05) is 24.0 Å². The number of ether oxygens (including phenoxy) is 1. The van der Waals surface area contributed by atoms with Crippen molar-refractivity contribution < 1.29 is 9.13 Å². The fourth-order valence-corrected chi connectivity index (χ4v) is 3.69. The van der Waals surface area contributed by atoms with E-state index in [0.29, 0.717) is 18.2 Å². The summed E-state index contributed by atoms with van der Waals surface area (Å²) in [5.74, 6) is 0.524. The van der Waals surface area contributed by atoms with Gasteiger partial charge in [-0.2, -0.15) is 5.26 Å². The molecular weight excluding hydrogens is 413 g/mol. The lowest BCUT2D eigenvalue weighted by atomic mass is 10.1. The molecule has 0 radical (unpaired) electrons. The second kappa shape index (κ2) is 13.3. The summed E-state index contributed by atoms with van der Waals surface area (Å²) in [5, 5.41) is 8.80. The summed E-state index contributed by atoms with van der Waals surface area (Å²) in [4.78, 5) is 9.07. The summed E-state index contributed by atoms with van der Waals surface area (Å²) in [6.07, 6.45) is 15.4. The average molecular weight is 446 g/mol. The summed E-state index contributed by atoms with van der Waals surface area (Å²) in [6.45, 7) is 2.56. The van der Waals surface area contributed by atoms with Gasteiger partial charge in [0.25, 0.3) is 0 Å². The molecule has 0 spiro atoms. The maximum Gasteiger partial charge on any atom is 0.159 e. The molecule has 0 atom stereocenters. The molecule has 0 saturated heterocycles. The molecule has 3 aromatic rings. The molecule has 0 fully saturated rings. The first-order valence-electron chi connectivity index (χ1n) is 11.9. The van der Waals surface area contributed by atoms with Crippen molar-refractivity contribution in [2.45, 2.75) is 71.3 Å².